The molecular formula is C13H20N2O. The Kier molecular flexibility index (Phi) is 3.46. The van der Waals surface area contributed by atoms with Crippen molar-refractivity contribution in [1.82, 2.24) is 4.90 Å². The molecule has 1 heterocycles. The Morgan fingerprint density at radius 1 is 1.50 bits per heavy atom. The molecule has 0 spiro atoms. The molecule has 88 valence electrons. The third kappa shape index (κ3) is 2.54. The van der Waals surface area contributed by atoms with Gasteiger partial charge in [0.25, 0.3) is 0 Å². The molecule has 2 rings (SSSR count). The summed E-state index contributed by atoms with van der Waals surface area (Å²) in [4.78, 5) is 2.43. The fraction of sp³-hybridized carbons (Fsp3) is 0.538. The highest BCUT2D eigenvalue weighted by Crippen LogP contribution is 2.18. The number of morpholine rings is 1. The van der Waals surface area contributed by atoms with E-state index in [1.165, 1.54) is 11.1 Å². The van der Waals surface area contributed by atoms with Gasteiger partial charge in [-0.25, -0.2) is 0 Å². The first-order valence-corrected chi connectivity index (χ1v) is 5.83. The Hall–Kier alpha value is -1.06. The van der Waals surface area contributed by atoms with Crippen LogP contribution in [-0.2, 0) is 11.3 Å². The van der Waals surface area contributed by atoms with E-state index in [1.54, 1.807) is 0 Å². The number of nitrogens with two attached hydrogens (primary N) is 1. The Morgan fingerprint density at radius 3 is 3.06 bits per heavy atom. The van der Waals surface area contributed by atoms with Gasteiger partial charge in [0.15, 0.2) is 0 Å². The van der Waals surface area contributed by atoms with E-state index in [4.69, 9.17) is 10.5 Å². The van der Waals surface area contributed by atoms with E-state index < -0.39 is 0 Å². The fourth-order valence-corrected chi connectivity index (χ4v) is 2.09. The van der Waals surface area contributed by atoms with Crippen LogP contribution < -0.4 is 5.73 Å². The van der Waals surface area contributed by atoms with Crippen molar-refractivity contribution in [2.75, 3.05) is 25.5 Å². The van der Waals surface area contributed by atoms with Gasteiger partial charge in [-0.3, -0.25) is 4.90 Å². The topological polar surface area (TPSA) is 38.5 Å². The van der Waals surface area contributed by atoms with Gasteiger partial charge >= 0.3 is 0 Å². The number of aryl methyl sites for hydroxylation is 1. The molecule has 1 saturated heterocycles. The molecule has 0 saturated carbocycles. The molecule has 2 N–H and O–H groups in total. The monoisotopic (exact) mass is 220 g/mol. The minimum Gasteiger partial charge on any atom is -0.398 e. The van der Waals surface area contributed by atoms with Gasteiger partial charge in [0.2, 0.25) is 0 Å². The van der Waals surface area contributed by atoms with Crippen LogP contribution in [0.3, 0.4) is 0 Å². The van der Waals surface area contributed by atoms with Crippen molar-refractivity contribution in [2.24, 2.45) is 0 Å². The predicted octanol–water partition coefficient (Wildman–Crippen LogP) is 1.80. The number of hydrogen-bond acceptors (Lipinski definition) is 3. The van der Waals surface area contributed by atoms with Crippen molar-refractivity contribution in [3.8, 4) is 0 Å². The average Bonchev–Trinajstić information content (AvgIpc) is 2.27. The molecule has 16 heavy (non-hydrogen) atoms. The summed E-state index contributed by atoms with van der Waals surface area (Å²) in [5.74, 6) is 0. The lowest BCUT2D eigenvalue weighted by atomic mass is 10.1. The lowest BCUT2D eigenvalue weighted by Gasteiger charge is -2.33. The fourth-order valence-electron chi connectivity index (χ4n) is 2.09. The van der Waals surface area contributed by atoms with Gasteiger partial charge in [-0.1, -0.05) is 17.7 Å². The molecule has 3 heteroatoms. The summed E-state index contributed by atoms with van der Waals surface area (Å²) in [5.41, 5.74) is 9.39. The molecule has 3 nitrogen and oxygen atoms in total. The maximum absolute atomic E-state index is 5.99. The lowest BCUT2D eigenvalue weighted by Crippen LogP contribution is -2.43. The number of ether oxygens (including phenoxy) is 1. The van der Waals surface area contributed by atoms with Crippen LogP contribution in [0.5, 0.6) is 0 Å². The van der Waals surface area contributed by atoms with Crippen LogP contribution in [-0.4, -0.2) is 30.7 Å². The van der Waals surface area contributed by atoms with Crippen molar-refractivity contribution in [2.45, 2.75) is 26.4 Å². The molecule has 1 aliphatic heterocycles. The first-order valence-electron chi connectivity index (χ1n) is 5.83. The summed E-state index contributed by atoms with van der Waals surface area (Å²) in [6.45, 7) is 7.88. The number of rotatable bonds is 2. The van der Waals surface area contributed by atoms with Crippen molar-refractivity contribution in [1.29, 1.82) is 0 Å². The van der Waals surface area contributed by atoms with Crippen LogP contribution in [0.1, 0.15) is 18.1 Å². The van der Waals surface area contributed by atoms with E-state index in [9.17, 15) is 0 Å². The van der Waals surface area contributed by atoms with Gasteiger partial charge in [0.1, 0.15) is 0 Å². The highest BCUT2D eigenvalue weighted by molar-refractivity contribution is 5.48. The molecule has 1 aliphatic rings. The highest BCUT2D eigenvalue weighted by Gasteiger charge is 2.19. The first-order chi connectivity index (χ1) is 7.66. The van der Waals surface area contributed by atoms with Crippen LogP contribution >= 0.6 is 0 Å². The maximum Gasteiger partial charge on any atom is 0.0619 e. The molecule has 1 aromatic rings. The van der Waals surface area contributed by atoms with Crippen molar-refractivity contribution >= 4 is 5.69 Å². The van der Waals surface area contributed by atoms with Gasteiger partial charge in [-0.2, -0.15) is 0 Å². The Balaban J connectivity index is 2.10. The van der Waals surface area contributed by atoms with Gasteiger partial charge in [-0.15, -0.1) is 0 Å². The van der Waals surface area contributed by atoms with E-state index in [0.29, 0.717) is 6.04 Å². The van der Waals surface area contributed by atoms with E-state index in [0.717, 1.165) is 32.0 Å². The molecule has 0 aromatic heterocycles. The summed E-state index contributed by atoms with van der Waals surface area (Å²) < 4.78 is 5.43. The Morgan fingerprint density at radius 2 is 2.31 bits per heavy atom. The lowest BCUT2D eigenvalue weighted by molar-refractivity contribution is -0.00428. The summed E-state index contributed by atoms with van der Waals surface area (Å²) in [6, 6.07) is 6.71. The molecule has 1 unspecified atom stereocenters. The van der Waals surface area contributed by atoms with E-state index in [2.05, 4.69) is 30.9 Å². The standard InChI is InChI=1S/C13H20N2O/c1-10-3-4-13(14)12(7-10)8-15-5-6-16-9-11(15)2/h3-4,7,11H,5-6,8-9,14H2,1-2H3. The minimum absolute atomic E-state index is 0.480. The summed E-state index contributed by atoms with van der Waals surface area (Å²) in [7, 11) is 0. The van der Waals surface area contributed by atoms with Crippen LogP contribution in [0.25, 0.3) is 0 Å². The van der Waals surface area contributed by atoms with Crippen molar-refractivity contribution in [3.05, 3.63) is 29.3 Å². The third-order valence-corrected chi connectivity index (χ3v) is 3.18. The number of anilines is 1. The van der Waals surface area contributed by atoms with Crippen LogP contribution in [0, 0.1) is 6.92 Å². The number of nitrogens with zero attached hydrogens (tertiary/aromatic N) is 1. The van der Waals surface area contributed by atoms with E-state index in [1.807, 2.05) is 6.07 Å². The molecule has 1 aromatic carbocycles. The van der Waals surface area contributed by atoms with Gasteiger partial charge in [0, 0.05) is 24.8 Å². The Bertz CT molecular complexity index is 365. The zero-order chi connectivity index (χ0) is 11.5. The molecule has 1 fully saturated rings. The van der Waals surface area contributed by atoms with Crippen molar-refractivity contribution in [3.63, 3.8) is 0 Å². The molecule has 0 bridgehead atoms. The number of nitrogen functional groups attached to an aromatic ring is 1. The normalized spacial score (nSPS) is 22.2. The zero-order valence-electron chi connectivity index (χ0n) is 10.1. The molecule has 0 radical (unpaired) electrons. The Labute approximate surface area is 97.2 Å². The largest absolute Gasteiger partial charge is 0.398 e. The highest BCUT2D eigenvalue weighted by atomic mass is 16.5. The first kappa shape index (κ1) is 11.4. The second-order valence-corrected chi connectivity index (χ2v) is 4.60. The van der Waals surface area contributed by atoms with Gasteiger partial charge in [0.05, 0.1) is 13.2 Å². The minimum atomic E-state index is 0.480. The quantitative estimate of drug-likeness (QED) is 0.772. The van der Waals surface area contributed by atoms with Gasteiger partial charge < -0.3 is 10.5 Å². The maximum atomic E-state index is 5.99. The molecule has 0 aliphatic carbocycles. The molecule has 1 atom stereocenters. The molecule has 0 amide bonds. The zero-order valence-corrected chi connectivity index (χ0v) is 10.1. The summed E-state index contributed by atoms with van der Waals surface area (Å²) in [5, 5.41) is 0. The second kappa shape index (κ2) is 4.85. The predicted molar refractivity (Wildman–Crippen MR) is 66.3 cm³/mol. The van der Waals surface area contributed by atoms with Crippen molar-refractivity contribution < 1.29 is 4.74 Å². The summed E-state index contributed by atoms with van der Waals surface area (Å²) >= 11 is 0. The summed E-state index contributed by atoms with van der Waals surface area (Å²) in [6.07, 6.45) is 0. The van der Waals surface area contributed by atoms with Crippen LogP contribution in [0.2, 0.25) is 0 Å². The number of benzene rings is 1. The molecular weight excluding hydrogens is 200 g/mol. The number of hydrogen-bond donors (Lipinski definition) is 1. The second-order valence-electron chi connectivity index (χ2n) is 4.60. The van der Waals surface area contributed by atoms with Gasteiger partial charge in [-0.05, 0) is 25.5 Å². The smallest absolute Gasteiger partial charge is 0.0619 e. The average molecular weight is 220 g/mol. The van der Waals surface area contributed by atoms with E-state index >= 15 is 0 Å². The SMILES string of the molecule is Cc1ccc(N)c(CN2CCOCC2C)c1. The van der Waals surface area contributed by atoms with Crippen LogP contribution in [0.15, 0.2) is 18.2 Å². The van der Waals surface area contributed by atoms with Crippen LogP contribution in [0.4, 0.5) is 5.69 Å². The van der Waals surface area contributed by atoms with E-state index in [-0.39, 0.29) is 0 Å². The third-order valence-electron chi connectivity index (χ3n) is 3.18.